The number of hydrogen-bond donors (Lipinski definition) is 1. The number of esters is 1. The van der Waals surface area contributed by atoms with Gasteiger partial charge >= 0.3 is 5.97 Å². The van der Waals surface area contributed by atoms with Crippen LogP contribution in [0.4, 0.5) is 0 Å². The zero-order valence-corrected chi connectivity index (χ0v) is 23.2. The molecule has 1 N–H and O–H groups in total. The fraction of sp³-hybridized carbons (Fsp3) is 0.679. The van der Waals surface area contributed by atoms with Crippen LogP contribution in [-0.4, -0.2) is 59.8 Å². The summed E-state index contributed by atoms with van der Waals surface area (Å²) in [6.45, 7) is 1.53. The van der Waals surface area contributed by atoms with E-state index in [4.69, 9.17) is 9.47 Å². The molecule has 0 aromatic heterocycles. The van der Waals surface area contributed by atoms with E-state index < -0.39 is 12.5 Å². The van der Waals surface area contributed by atoms with Crippen LogP contribution in [-0.2, 0) is 30.3 Å². The van der Waals surface area contributed by atoms with E-state index in [-0.39, 0.29) is 24.2 Å². The summed E-state index contributed by atoms with van der Waals surface area (Å²) in [7, 11) is 3.93. The first-order valence-electron chi connectivity index (χ1n) is 13.8. The van der Waals surface area contributed by atoms with E-state index in [2.05, 4.69) is 17.4 Å². The van der Waals surface area contributed by atoms with Crippen molar-refractivity contribution in [1.29, 1.82) is 0 Å². The molecule has 2 saturated heterocycles. The number of fused-ring (bicyclic) bond motifs is 1. The largest absolute Gasteiger partial charge is 0.447 e. The Morgan fingerprint density at radius 1 is 1.14 bits per heavy atom. The third-order valence-corrected chi connectivity index (χ3v) is 10.8. The molecule has 1 aromatic carbocycles. The van der Waals surface area contributed by atoms with E-state index in [1.807, 2.05) is 39.8 Å². The van der Waals surface area contributed by atoms with Crippen LogP contribution >= 0.6 is 21.6 Å². The smallest absolute Gasteiger partial charge is 0.307 e. The van der Waals surface area contributed by atoms with Gasteiger partial charge in [0.1, 0.15) is 0 Å². The third kappa shape index (κ3) is 8.65. The Kier molecular flexibility index (Phi) is 11.5. The molecule has 37 heavy (non-hydrogen) atoms. The molecule has 5 unspecified atom stereocenters. The Bertz CT molecular complexity index is 867. The number of unbranched alkanes of at least 4 members (excludes halogenated alkanes) is 1. The highest BCUT2D eigenvalue weighted by atomic mass is 33.1. The molecule has 1 saturated carbocycles. The lowest BCUT2D eigenvalue weighted by molar-refractivity contribution is -0.153. The number of aryl methyl sites for hydroxylation is 1. The quantitative estimate of drug-likeness (QED) is 0.108. The molecule has 1 aliphatic carbocycles. The Morgan fingerprint density at radius 3 is 2.78 bits per heavy atom. The molecular weight excluding hydrogens is 508 g/mol. The number of ether oxygens (including phenoxy) is 2. The maximum absolute atomic E-state index is 13.0. The maximum Gasteiger partial charge on any atom is 0.307 e. The first kappa shape index (κ1) is 28.3. The van der Waals surface area contributed by atoms with Crippen LogP contribution in [0.1, 0.15) is 69.8 Å². The van der Waals surface area contributed by atoms with Gasteiger partial charge in [0.15, 0.2) is 12.5 Å². The minimum Gasteiger partial charge on any atom is -0.447 e. The summed E-state index contributed by atoms with van der Waals surface area (Å²) >= 11 is 0. The number of hydrogen-bond acceptors (Lipinski definition) is 8. The van der Waals surface area contributed by atoms with Crippen molar-refractivity contribution in [2.45, 2.75) is 88.3 Å². The summed E-state index contributed by atoms with van der Waals surface area (Å²) in [5.41, 5.74) is 1.19. The molecular formula is C28H40N2O5S2. The fourth-order valence-corrected chi connectivity index (χ4v) is 8.81. The average molecular weight is 549 g/mol. The van der Waals surface area contributed by atoms with Gasteiger partial charge in [0.25, 0.3) is 6.47 Å². The molecule has 3 aliphatic rings. The van der Waals surface area contributed by atoms with Crippen molar-refractivity contribution in [3.63, 3.8) is 0 Å². The molecule has 9 heteroatoms. The number of nitrogens with zero attached hydrogens (tertiary/aromatic N) is 1. The number of likely N-dealkylation sites (tertiary alicyclic amines) is 1. The molecule has 0 radical (unpaired) electrons. The van der Waals surface area contributed by atoms with Crippen LogP contribution in [0.3, 0.4) is 0 Å². The van der Waals surface area contributed by atoms with Crippen molar-refractivity contribution in [3.8, 4) is 0 Å². The lowest BCUT2D eigenvalue weighted by Gasteiger charge is -2.26. The standard InChI is InChI=1S/C28H40N2O5S2/c31-20-34-28-24-11-6-9-22(24)19-30(28)26(32)15-17-29-25(14-13-21-7-2-1-3-8-21)35-27(33)12-5-4-10-23-16-18-36-37-23/h1-3,7-8,20,22-25,28-29H,4-6,9-19H2. The summed E-state index contributed by atoms with van der Waals surface area (Å²) in [5.74, 6) is 1.71. The van der Waals surface area contributed by atoms with Crippen LogP contribution in [0.25, 0.3) is 0 Å². The summed E-state index contributed by atoms with van der Waals surface area (Å²) in [5, 5.41) is 4.03. The maximum atomic E-state index is 13.0. The number of nitrogens with one attached hydrogen (secondary N) is 1. The van der Waals surface area contributed by atoms with E-state index in [0.717, 1.165) is 50.2 Å². The lowest BCUT2D eigenvalue weighted by atomic mass is 9.99. The molecule has 7 nitrogen and oxygen atoms in total. The molecule has 3 fully saturated rings. The second-order valence-electron chi connectivity index (χ2n) is 10.3. The second-order valence-corrected chi connectivity index (χ2v) is 13.1. The van der Waals surface area contributed by atoms with Gasteiger partial charge in [-0.3, -0.25) is 19.7 Å². The first-order valence-corrected chi connectivity index (χ1v) is 16.2. The fourth-order valence-electron chi connectivity index (χ4n) is 5.78. The van der Waals surface area contributed by atoms with Crippen molar-refractivity contribution < 1.29 is 23.9 Å². The Balaban J connectivity index is 1.23. The zero-order valence-electron chi connectivity index (χ0n) is 21.6. The van der Waals surface area contributed by atoms with Gasteiger partial charge in [0.05, 0.1) is 0 Å². The van der Waals surface area contributed by atoms with E-state index in [1.54, 1.807) is 4.90 Å². The summed E-state index contributed by atoms with van der Waals surface area (Å²) in [6, 6.07) is 10.1. The van der Waals surface area contributed by atoms with Crippen molar-refractivity contribution in [1.82, 2.24) is 10.2 Å². The van der Waals surface area contributed by atoms with Crippen molar-refractivity contribution in [3.05, 3.63) is 35.9 Å². The molecule has 1 amide bonds. The minimum absolute atomic E-state index is 0.0233. The number of carbonyl (C=O) groups excluding carboxylic acids is 3. The van der Waals surface area contributed by atoms with Crippen molar-refractivity contribution in [2.75, 3.05) is 18.8 Å². The monoisotopic (exact) mass is 548 g/mol. The van der Waals surface area contributed by atoms with Gasteiger partial charge in [-0.15, -0.1) is 0 Å². The van der Waals surface area contributed by atoms with Crippen LogP contribution in [0.15, 0.2) is 30.3 Å². The van der Waals surface area contributed by atoms with E-state index in [9.17, 15) is 14.4 Å². The molecule has 2 heterocycles. The van der Waals surface area contributed by atoms with Crippen molar-refractivity contribution in [2.24, 2.45) is 11.8 Å². The van der Waals surface area contributed by atoms with Gasteiger partial charge in [-0.25, -0.2) is 0 Å². The topological polar surface area (TPSA) is 84.9 Å². The van der Waals surface area contributed by atoms with E-state index >= 15 is 0 Å². The van der Waals surface area contributed by atoms with E-state index in [1.165, 1.54) is 17.7 Å². The first-order chi connectivity index (χ1) is 18.1. The summed E-state index contributed by atoms with van der Waals surface area (Å²) < 4.78 is 11.1. The molecule has 1 aromatic rings. The van der Waals surface area contributed by atoms with Gasteiger partial charge in [-0.2, -0.15) is 0 Å². The normalized spacial score (nSPS) is 25.6. The second kappa shape index (κ2) is 15.0. The molecule has 4 rings (SSSR count). The molecule has 2 aliphatic heterocycles. The summed E-state index contributed by atoms with van der Waals surface area (Å²) in [4.78, 5) is 38.4. The number of rotatable bonds is 15. The van der Waals surface area contributed by atoms with Gasteiger partial charge in [0.2, 0.25) is 5.91 Å². The number of carbonyl (C=O) groups is 3. The van der Waals surface area contributed by atoms with Crippen LogP contribution < -0.4 is 5.32 Å². The molecule has 5 atom stereocenters. The SMILES string of the molecule is O=COC1C2CCCC2CN1C(=O)CCNC(CCc1ccccc1)OC(=O)CCCCC1CCSS1. The highest BCUT2D eigenvalue weighted by Crippen LogP contribution is 2.42. The van der Waals surface area contributed by atoms with Crippen LogP contribution in [0.5, 0.6) is 0 Å². The Labute approximate surface area is 228 Å². The number of amides is 1. The Morgan fingerprint density at radius 2 is 2.00 bits per heavy atom. The predicted molar refractivity (Wildman–Crippen MR) is 148 cm³/mol. The molecule has 0 bridgehead atoms. The minimum atomic E-state index is -0.442. The van der Waals surface area contributed by atoms with Gasteiger partial charge < -0.3 is 14.4 Å². The zero-order chi connectivity index (χ0) is 25.9. The van der Waals surface area contributed by atoms with Crippen LogP contribution in [0, 0.1) is 11.8 Å². The summed E-state index contributed by atoms with van der Waals surface area (Å²) in [6.07, 6.45) is 8.78. The number of benzene rings is 1. The van der Waals surface area contributed by atoms with Gasteiger partial charge in [0, 0.05) is 49.3 Å². The van der Waals surface area contributed by atoms with Gasteiger partial charge in [-0.05, 0) is 50.0 Å². The highest BCUT2D eigenvalue weighted by Gasteiger charge is 2.47. The predicted octanol–water partition coefficient (Wildman–Crippen LogP) is 4.94. The molecule has 204 valence electrons. The highest BCUT2D eigenvalue weighted by molar-refractivity contribution is 8.77. The van der Waals surface area contributed by atoms with Crippen molar-refractivity contribution >= 4 is 39.9 Å². The Hall–Kier alpha value is -1.71. The lowest BCUT2D eigenvalue weighted by Crippen LogP contribution is -2.42. The third-order valence-electron chi connectivity index (χ3n) is 7.74. The van der Waals surface area contributed by atoms with E-state index in [0.29, 0.717) is 38.3 Å². The van der Waals surface area contributed by atoms with Gasteiger partial charge in [-0.1, -0.05) is 64.8 Å². The van der Waals surface area contributed by atoms with Crippen LogP contribution in [0.2, 0.25) is 0 Å². The molecule has 0 spiro atoms. The average Bonchev–Trinajstić information content (AvgIpc) is 3.65.